The maximum Gasteiger partial charge on any atom is 0.342 e. The minimum Gasteiger partial charge on any atom is -0.491 e. The lowest BCUT2D eigenvalue weighted by atomic mass is 10.1. The molecule has 13 nitrogen and oxygen atoms in total. The Morgan fingerprint density at radius 3 is 2.38 bits per heavy atom. The van der Waals surface area contributed by atoms with Crippen molar-refractivity contribution in [2.45, 2.75) is 6.54 Å². The van der Waals surface area contributed by atoms with E-state index in [1.165, 1.54) is 54.1 Å². The number of fused-ring (bicyclic) bond motifs is 1. The Labute approximate surface area is 209 Å². The third-order valence-corrected chi connectivity index (χ3v) is 5.29. The molecule has 1 heterocycles. The van der Waals surface area contributed by atoms with E-state index in [1.54, 1.807) is 0 Å². The van der Waals surface area contributed by atoms with E-state index in [2.05, 4.69) is 5.32 Å². The number of esters is 2. The average Bonchev–Trinajstić information content (AvgIpc) is 2.91. The first-order chi connectivity index (χ1) is 17.7. The number of hydrogen-bond donors (Lipinski definition) is 1. The number of pyridine rings is 1. The molecule has 13 heteroatoms. The van der Waals surface area contributed by atoms with Crippen LogP contribution >= 0.6 is 0 Å². The van der Waals surface area contributed by atoms with Crippen LogP contribution in [0.2, 0.25) is 0 Å². The predicted octanol–water partition coefficient (Wildman–Crippen LogP) is 1.69. The number of methoxy groups -OCH3 is 2. The van der Waals surface area contributed by atoms with Gasteiger partial charge in [-0.25, -0.2) is 9.59 Å². The molecule has 1 N–H and O–H groups in total. The Morgan fingerprint density at radius 2 is 1.73 bits per heavy atom. The van der Waals surface area contributed by atoms with Gasteiger partial charge in [0.05, 0.1) is 36.8 Å². The summed E-state index contributed by atoms with van der Waals surface area (Å²) in [6.45, 7) is -0.668. The van der Waals surface area contributed by atoms with Crippen LogP contribution in [-0.2, 0) is 20.8 Å². The molecule has 2 aromatic carbocycles. The summed E-state index contributed by atoms with van der Waals surface area (Å²) < 4.78 is 21.8. The molecule has 1 amide bonds. The molecule has 3 aromatic rings. The average molecular weight is 513 g/mol. The van der Waals surface area contributed by atoms with E-state index in [0.717, 1.165) is 14.2 Å². The van der Waals surface area contributed by atoms with E-state index >= 15 is 0 Å². The first-order valence-electron chi connectivity index (χ1n) is 10.8. The number of hydrogen-bond acceptors (Lipinski definition) is 10. The number of non-ortho nitro benzene ring substituents is 1. The van der Waals surface area contributed by atoms with Gasteiger partial charge in [-0.2, -0.15) is 0 Å². The van der Waals surface area contributed by atoms with Gasteiger partial charge in [-0.3, -0.25) is 19.7 Å². The minimum absolute atomic E-state index is 0.0229. The summed E-state index contributed by atoms with van der Waals surface area (Å²) in [4.78, 5) is 59.9. The molecule has 0 unspecified atom stereocenters. The van der Waals surface area contributed by atoms with Crippen molar-refractivity contribution in [3.63, 3.8) is 0 Å². The van der Waals surface area contributed by atoms with Crippen molar-refractivity contribution in [1.29, 1.82) is 0 Å². The van der Waals surface area contributed by atoms with Crippen LogP contribution in [0.3, 0.4) is 0 Å². The van der Waals surface area contributed by atoms with Gasteiger partial charge in [0.25, 0.3) is 17.2 Å². The number of nitro groups is 1. The lowest BCUT2D eigenvalue weighted by Crippen LogP contribution is -2.29. The van der Waals surface area contributed by atoms with E-state index in [0.29, 0.717) is 10.9 Å². The molecule has 3 rings (SSSR count). The highest BCUT2D eigenvalue weighted by molar-refractivity contribution is 6.05. The Bertz CT molecular complexity index is 1430. The Morgan fingerprint density at radius 1 is 1.00 bits per heavy atom. The Balaban J connectivity index is 1.98. The highest BCUT2D eigenvalue weighted by Gasteiger charge is 2.23. The number of likely N-dealkylation sites (N-methyl/N-ethyl adjacent to an activating group) is 1. The molecule has 0 atom stereocenters. The van der Waals surface area contributed by atoms with Gasteiger partial charge < -0.3 is 28.8 Å². The number of ether oxygens (including phenoxy) is 4. The summed E-state index contributed by atoms with van der Waals surface area (Å²) in [5, 5.41) is 13.9. The van der Waals surface area contributed by atoms with Crippen LogP contribution in [0, 0.1) is 10.1 Å². The second-order valence-electron chi connectivity index (χ2n) is 7.44. The topological polar surface area (TPSA) is 165 Å². The highest BCUT2D eigenvalue weighted by atomic mass is 16.6. The summed E-state index contributed by atoms with van der Waals surface area (Å²) in [5.74, 6) is -2.24. The van der Waals surface area contributed by atoms with Gasteiger partial charge in [-0.15, -0.1) is 0 Å². The number of nitro benzene ring substituents is 1. The van der Waals surface area contributed by atoms with E-state index in [9.17, 15) is 29.3 Å². The van der Waals surface area contributed by atoms with Gasteiger partial charge in [0.1, 0.15) is 17.9 Å². The quantitative estimate of drug-likeness (QED) is 0.239. The number of rotatable bonds is 10. The largest absolute Gasteiger partial charge is 0.491 e. The van der Waals surface area contributed by atoms with Crippen molar-refractivity contribution in [3.05, 3.63) is 74.1 Å². The van der Waals surface area contributed by atoms with Crippen molar-refractivity contribution >= 4 is 34.4 Å². The Kier molecular flexibility index (Phi) is 8.40. The number of carbonyl (C=O) groups is 3. The molecular formula is C24H23N3O10. The molecule has 0 bridgehead atoms. The van der Waals surface area contributed by atoms with Crippen LogP contribution in [0.1, 0.15) is 20.7 Å². The van der Waals surface area contributed by atoms with Gasteiger partial charge in [-0.05, 0) is 24.3 Å². The van der Waals surface area contributed by atoms with E-state index in [4.69, 9.17) is 18.9 Å². The molecule has 1 aromatic heterocycles. The maximum atomic E-state index is 13.1. The fraction of sp³-hybridized carbons (Fsp3) is 0.250. The number of nitrogens with zero attached hydrogens (tertiary/aromatic N) is 2. The van der Waals surface area contributed by atoms with Crippen molar-refractivity contribution in [2.24, 2.45) is 0 Å². The number of aromatic nitrogens is 1. The third-order valence-electron chi connectivity index (χ3n) is 5.29. The van der Waals surface area contributed by atoms with Crippen LogP contribution in [-0.4, -0.2) is 61.8 Å². The highest BCUT2D eigenvalue weighted by Crippen LogP contribution is 2.26. The SMILES string of the molecule is CNC(=O)COc1cc2cc([N+](=O)[O-])ccc2n(CCOc2cccc(C(=O)OC)c2C(=O)OC)c1=O. The van der Waals surface area contributed by atoms with Gasteiger partial charge >= 0.3 is 11.9 Å². The second-order valence-corrected chi connectivity index (χ2v) is 7.44. The van der Waals surface area contributed by atoms with E-state index in [1.807, 2.05) is 0 Å². The van der Waals surface area contributed by atoms with E-state index < -0.39 is 34.9 Å². The lowest BCUT2D eigenvalue weighted by Gasteiger charge is -2.16. The summed E-state index contributed by atoms with van der Waals surface area (Å²) >= 11 is 0. The molecule has 0 saturated carbocycles. The van der Waals surface area contributed by atoms with Gasteiger partial charge in [0.2, 0.25) is 0 Å². The van der Waals surface area contributed by atoms with Crippen molar-refractivity contribution in [3.8, 4) is 11.5 Å². The monoisotopic (exact) mass is 513 g/mol. The molecule has 0 aliphatic heterocycles. The van der Waals surface area contributed by atoms with Crippen molar-refractivity contribution < 1.29 is 38.3 Å². The summed E-state index contributed by atoms with van der Waals surface area (Å²) in [6.07, 6.45) is 0. The first kappa shape index (κ1) is 26.7. The zero-order valence-electron chi connectivity index (χ0n) is 20.1. The maximum absolute atomic E-state index is 13.1. The van der Waals surface area contributed by atoms with Gasteiger partial charge in [-0.1, -0.05) is 6.07 Å². The Hall–Kier alpha value is -4.94. The first-order valence-corrected chi connectivity index (χ1v) is 10.8. The zero-order valence-corrected chi connectivity index (χ0v) is 20.1. The predicted molar refractivity (Wildman–Crippen MR) is 129 cm³/mol. The minimum atomic E-state index is -0.824. The number of amides is 1. The van der Waals surface area contributed by atoms with Crippen LogP contribution < -0.4 is 20.3 Å². The molecule has 0 saturated heterocycles. The molecule has 37 heavy (non-hydrogen) atoms. The van der Waals surface area contributed by atoms with Crippen molar-refractivity contribution in [2.75, 3.05) is 34.5 Å². The van der Waals surface area contributed by atoms with Crippen LogP contribution in [0.4, 0.5) is 5.69 Å². The summed E-state index contributed by atoms with van der Waals surface area (Å²) in [5.41, 5.74) is -0.666. The van der Waals surface area contributed by atoms with E-state index in [-0.39, 0.29) is 41.5 Å². The van der Waals surface area contributed by atoms with Gasteiger partial charge in [0, 0.05) is 24.6 Å². The zero-order chi connectivity index (χ0) is 27.1. The van der Waals surface area contributed by atoms with Crippen molar-refractivity contribution in [1.82, 2.24) is 9.88 Å². The second kappa shape index (κ2) is 11.7. The van der Waals surface area contributed by atoms with Crippen LogP contribution in [0.15, 0.2) is 47.3 Å². The number of nitrogens with one attached hydrogen (secondary N) is 1. The summed E-state index contributed by atoms with van der Waals surface area (Å²) in [6, 6.07) is 9.57. The lowest BCUT2D eigenvalue weighted by molar-refractivity contribution is -0.384. The molecule has 194 valence electrons. The third kappa shape index (κ3) is 5.83. The number of benzene rings is 2. The van der Waals surface area contributed by atoms with Gasteiger partial charge in [0.15, 0.2) is 12.4 Å². The molecule has 0 aliphatic carbocycles. The molecule has 0 fully saturated rings. The molecule has 0 radical (unpaired) electrons. The number of carbonyl (C=O) groups excluding carboxylic acids is 3. The van der Waals surface area contributed by atoms with Crippen LogP contribution in [0.25, 0.3) is 10.9 Å². The normalized spacial score (nSPS) is 10.5. The standard InChI is InChI=1S/C24H23N3O10/c1-25-20(28)13-37-19-12-14-11-15(27(32)33)7-8-17(14)26(22(19)29)9-10-36-18-6-4-5-16(23(30)34-2)21(18)24(31)35-3/h4-8,11-12H,9-10,13H2,1-3H3,(H,25,28). The molecule has 0 spiro atoms. The fourth-order valence-corrected chi connectivity index (χ4v) is 3.49. The molecular weight excluding hydrogens is 490 g/mol. The summed E-state index contributed by atoms with van der Waals surface area (Å²) in [7, 11) is 3.72. The molecule has 0 aliphatic rings. The fourth-order valence-electron chi connectivity index (χ4n) is 3.49. The smallest absolute Gasteiger partial charge is 0.342 e. The van der Waals surface area contributed by atoms with Crippen LogP contribution in [0.5, 0.6) is 11.5 Å².